The molecule has 0 spiro atoms. The SMILES string of the molecule is Brc1cocc1-c1cocc1Br. The fourth-order valence-corrected chi connectivity index (χ4v) is 1.78. The highest BCUT2D eigenvalue weighted by Gasteiger charge is 2.10. The largest absolute Gasteiger partial charge is 0.471 e. The molecule has 4 heteroatoms. The van der Waals surface area contributed by atoms with E-state index < -0.39 is 0 Å². The first kappa shape index (κ1) is 8.13. The normalized spacial score (nSPS) is 10.5. The lowest BCUT2D eigenvalue weighted by Gasteiger charge is -1.91. The van der Waals surface area contributed by atoms with Gasteiger partial charge in [0.15, 0.2) is 0 Å². The molecule has 0 aliphatic heterocycles. The van der Waals surface area contributed by atoms with Crippen LogP contribution in [-0.2, 0) is 0 Å². The minimum Gasteiger partial charge on any atom is -0.471 e. The van der Waals surface area contributed by atoms with Crippen LogP contribution in [0.5, 0.6) is 0 Å². The van der Waals surface area contributed by atoms with Crippen LogP contribution in [0.1, 0.15) is 0 Å². The molecule has 0 aliphatic rings. The molecule has 62 valence electrons. The van der Waals surface area contributed by atoms with Crippen molar-refractivity contribution in [1.29, 1.82) is 0 Å². The van der Waals surface area contributed by atoms with Gasteiger partial charge in [0.1, 0.15) is 12.5 Å². The van der Waals surface area contributed by atoms with Crippen LogP contribution < -0.4 is 0 Å². The highest BCUT2D eigenvalue weighted by molar-refractivity contribution is 9.11. The summed E-state index contributed by atoms with van der Waals surface area (Å²) in [6, 6.07) is 0. The molecule has 12 heavy (non-hydrogen) atoms. The van der Waals surface area contributed by atoms with Crippen molar-refractivity contribution in [2.24, 2.45) is 0 Å². The van der Waals surface area contributed by atoms with Gasteiger partial charge in [-0.15, -0.1) is 0 Å². The molecule has 0 saturated heterocycles. The average Bonchev–Trinajstić information content (AvgIpc) is 2.59. The van der Waals surface area contributed by atoms with Crippen molar-refractivity contribution in [3.8, 4) is 11.1 Å². The van der Waals surface area contributed by atoms with Crippen LogP contribution in [0, 0.1) is 0 Å². The van der Waals surface area contributed by atoms with Crippen molar-refractivity contribution in [3.05, 3.63) is 34.0 Å². The van der Waals surface area contributed by atoms with E-state index in [-0.39, 0.29) is 0 Å². The molecular formula is C8H4Br2O2. The predicted octanol–water partition coefficient (Wildman–Crippen LogP) is 4.06. The summed E-state index contributed by atoms with van der Waals surface area (Å²) in [5.41, 5.74) is 1.96. The minimum absolute atomic E-state index is 0.921. The van der Waals surface area contributed by atoms with Crippen molar-refractivity contribution >= 4 is 31.9 Å². The average molecular weight is 292 g/mol. The fraction of sp³-hybridized carbons (Fsp3) is 0. The first-order valence-corrected chi connectivity index (χ1v) is 4.81. The van der Waals surface area contributed by atoms with Crippen LogP contribution in [0.25, 0.3) is 11.1 Å². The Morgan fingerprint density at radius 1 is 0.750 bits per heavy atom. The first-order chi connectivity index (χ1) is 5.79. The Morgan fingerprint density at radius 3 is 1.42 bits per heavy atom. The second-order valence-electron chi connectivity index (χ2n) is 2.27. The Bertz CT molecular complexity index is 351. The highest BCUT2D eigenvalue weighted by atomic mass is 79.9. The molecule has 0 amide bonds. The van der Waals surface area contributed by atoms with Crippen LogP contribution in [-0.4, -0.2) is 0 Å². The third-order valence-electron chi connectivity index (χ3n) is 1.52. The third-order valence-corrected chi connectivity index (χ3v) is 2.75. The van der Waals surface area contributed by atoms with E-state index in [4.69, 9.17) is 8.83 Å². The predicted molar refractivity (Wildman–Crippen MR) is 51.8 cm³/mol. The number of rotatable bonds is 1. The maximum Gasteiger partial charge on any atom is 0.105 e. The smallest absolute Gasteiger partial charge is 0.105 e. The second kappa shape index (κ2) is 3.11. The number of furan rings is 2. The van der Waals surface area contributed by atoms with Crippen molar-refractivity contribution in [2.45, 2.75) is 0 Å². The van der Waals surface area contributed by atoms with Crippen molar-refractivity contribution in [3.63, 3.8) is 0 Å². The molecule has 2 rings (SSSR count). The Kier molecular flexibility index (Phi) is 2.11. The summed E-state index contributed by atoms with van der Waals surface area (Å²) < 4.78 is 11.9. The molecule has 2 aromatic heterocycles. The highest BCUT2D eigenvalue weighted by Crippen LogP contribution is 2.34. The molecule has 0 saturated carbocycles. The minimum atomic E-state index is 0.921. The molecule has 0 fully saturated rings. The number of hydrogen-bond acceptors (Lipinski definition) is 2. The van der Waals surface area contributed by atoms with Crippen molar-refractivity contribution in [1.82, 2.24) is 0 Å². The van der Waals surface area contributed by atoms with E-state index in [0.29, 0.717) is 0 Å². The maximum atomic E-state index is 5.01. The summed E-state index contributed by atoms with van der Waals surface area (Å²) in [6.45, 7) is 0. The van der Waals surface area contributed by atoms with E-state index in [1.54, 1.807) is 25.1 Å². The second-order valence-corrected chi connectivity index (χ2v) is 3.98. The Balaban J connectivity index is 2.57. The van der Waals surface area contributed by atoms with Gasteiger partial charge in [-0.25, -0.2) is 0 Å². The Labute approximate surface area is 85.8 Å². The summed E-state index contributed by atoms with van der Waals surface area (Å²) in [4.78, 5) is 0. The van der Waals surface area contributed by atoms with Gasteiger partial charge in [-0.3, -0.25) is 0 Å². The molecule has 0 unspecified atom stereocenters. The van der Waals surface area contributed by atoms with Gasteiger partial charge < -0.3 is 8.83 Å². The topological polar surface area (TPSA) is 26.3 Å². The van der Waals surface area contributed by atoms with E-state index >= 15 is 0 Å². The standard InChI is InChI=1S/C8H4Br2O2/c9-7-3-11-1-5(7)6-2-12-4-8(6)10/h1-4H. The summed E-state index contributed by atoms with van der Waals surface area (Å²) in [5.74, 6) is 0. The van der Waals surface area contributed by atoms with Gasteiger partial charge in [0.25, 0.3) is 0 Å². The van der Waals surface area contributed by atoms with Gasteiger partial charge in [0.2, 0.25) is 0 Å². The lowest BCUT2D eigenvalue weighted by Crippen LogP contribution is -1.69. The molecule has 0 N–H and O–H groups in total. The monoisotopic (exact) mass is 290 g/mol. The van der Waals surface area contributed by atoms with Crippen LogP contribution >= 0.6 is 31.9 Å². The number of halogens is 2. The molecular weight excluding hydrogens is 288 g/mol. The van der Waals surface area contributed by atoms with Crippen LogP contribution in [0.4, 0.5) is 0 Å². The quantitative estimate of drug-likeness (QED) is 0.792. The zero-order chi connectivity index (χ0) is 8.55. The van der Waals surface area contributed by atoms with Crippen LogP contribution in [0.3, 0.4) is 0 Å². The van der Waals surface area contributed by atoms with Crippen LogP contribution in [0.2, 0.25) is 0 Å². The summed E-state index contributed by atoms with van der Waals surface area (Å²) in [6.07, 6.45) is 6.60. The van der Waals surface area contributed by atoms with E-state index in [1.165, 1.54) is 0 Å². The molecule has 2 nitrogen and oxygen atoms in total. The van der Waals surface area contributed by atoms with E-state index in [2.05, 4.69) is 31.9 Å². The lowest BCUT2D eigenvalue weighted by molar-refractivity contribution is 0.563. The van der Waals surface area contributed by atoms with Crippen molar-refractivity contribution < 1.29 is 8.83 Å². The molecule has 0 radical (unpaired) electrons. The van der Waals surface area contributed by atoms with E-state index in [0.717, 1.165) is 20.1 Å². The van der Waals surface area contributed by atoms with Gasteiger partial charge in [0.05, 0.1) is 21.5 Å². The van der Waals surface area contributed by atoms with Gasteiger partial charge in [-0.2, -0.15) is 0 Å². The zero-order valence-electron chi connectivity index (χ0n) is 5.88. The summed E-state index contributed by atoms with van der Waals surface area (Å²) in [5, 5.41) is 0. The molecule has 0 atom stereocenters. The van der Waals surface area contributed by atoms with Crippen LogP contribution in [0.15, 0.2) is 42.8 Å². The molecule has 2 heterocycles. The van der Waals surface area contributed by atoms with Gasteiger partial charge in [-0.05, 0) is 31.9 Å². The molecule has 2 aromatic rings. The summed E-state index contributed by atoms with van der Waals surface area (Å²) >= 11 is 6.73. The Morgan fingerprint density at radius 2 is 1.17 bits per heavy atom. The van der Waals surface area contributed by atoms with Gasteiger partial charge in [0, 0.05) is 11.1 Å². The fourth-order valence-electron chi connectivity index (χ4n) is 0.947. The van der Waals surface area contributed by atoms with Crippen molar-refractivity contribution in [2.75, 3.05) is 0 Å². The summed E-state index contributed by atoms with van der Waals surface area (Å²) in [7, 11) is 0. The van der Waals surface area contributed by atoms with Gasteiger partial charge >= 0.3 is 0 Å². The molecule has 0 bridgehead atoms. The molecule has 0 aromatic carbocycles. The first-order valence-electron chi connectivity index (χ1n) is 3.23. The van der Waals surface area contributed by atoms with E-state index in [9.17, 15) is 0 Å². The Hall–Kier alpha value is -0.480. The van der Waals surface area contributed by atoms with E-state index in [1.807, 2.05) is 0 Å². The third kappa shape index (κ3) is 1.25. The number of hydrogen-bond donors (Lipinski definition) is 0. The lowest BCUT2D eigenvalue weighted by atomic mass is 10.2. The van der Waals surface area contributed by atoms with Gasteiger partial charge in [-0.1, -0.05) is 0 Å². The zero-order valence-corrected chi connectivity index (χ0v) is 9.05. The molecule has 0 aliphatic carbocycles. The maximum absolute atomic E-state index is 5.01.